The zero-order valence-electron chi connectivity index (χ0n) is 56.9. The third-order valence-corrected chi connectivity index (χ3v) is 17.9. The number of nitrogens with one attached hydrogen (secondary N) is 1. The van der Waals surface area contributed by atoms with Gasteiger partial charge in [0, 0.05) is 12.8 Å². The quantitative estimate of drug-likeness (QED) is 0.0320. The maximum absolute atomic E-state index is 12.5. The highest BCUT2D eigenvalue weighted by molar-refractivity contribution is 5.76. The van der Waals surface area contributed by atoms with E-state index in [0.717, 1.165) is 57.8 Å². The van der Waals surface area contributed by atoms with Crippen LogP contribution in [-0.4, -0.2) is 47.4 Å². The molecule has 0 aliphatic rings. The van der Waals surface area contributed by atoms with Gasteiger partial charge in [0.05, 0.1) is 25.4 Å². The largest absolute Gasteiger partial charge is 0.466 e. The standard InChI is InChI=1S/C78H149NO5/c1-3-5-7-9-11-13-15-17-19-21-23-24-25-26-28-31-35-38-42-46-50-54-58-62-66-70-76(81)75(74-80)79-77(82)71-67-63-59-55-51-47-43-39-36-32-29-27-30-33-37-41-45-49-53-57-61-65-69-73-84-78(83)72-68-64-60-56-52-48-44-40-34-22-20-18-16-14-12-10-8-6-4-2/h27,30,32,36,66,70,75-76,80-81H,3-26,28-29,31,33-35,37-65,67-69,71-74H2,1-2H3,(H,79,82)/b30-27-,36-32-,70-66+. The molecule has 6 nitrogen and oxygen atoms in total. The van der Waals surface area contributed by atoms with Crippen LogP contribution >= 0.6 is 0 Å². The second-order valence-electron chi connectivity index (χ2n) is 26.3. The Hall–Kier alpha value is -1.92. The number of unbranched alkanes of at least 4 members (excludes halogenated alkanes) is 57. The molecule has 0 heterocycles. The number of aliphatic hydroxyl groups excluding tert-OH is 2. The Morgan fingerprint density at radius 2 is 0.595 bits per heavy atom. The van der Waals surface area contributed by atoms with Crippen LogP contribution in [0.3, 0.4) is 0 Å². The van der Waals surface area contributed by atoms with Crippen LogP contribution in [0.4, 0.5) is 0 Å². The fourth-order valence-electron chi connectivity index (χ4n) is 12.1. The zero-order chi connectivity index (χ0) is 60.6. The number of hydrogen-bond acceptors (Lipinski definition) is 5. The van der Waals surface area contributed by atoms with Gasteiger partial charge in [0.1, 0.15) is 0 Å². The lowest BCUT2D eigenvalue weighted by Gasteiger charge is -2.20. The molecule has 6 heteroatoms. The van der Waals surface area contributed by atoms with Crippen LogP contribution in [0.2, 0.25) is 0 Å². The SMILES string of the molecule is CCCCCCCCCCCCCCCCCCCCCCCCC/C=C/C(O)C(CO)NC(=O)CCCCCCCCC/C=C\C/C=C\CCCCCCCCCCCOC(=O)CCCCCCCCCCCCCCCCCCCCC. The van der Waals surface area contributed by atoms with Crippen molar-refractivity contribution in [1.82, 2.24) is 5.32 Å². The van der Waals surface area contributed by atoms with Gasteiger partial charge in [-0.2, -0.15) is 0 Å². The van der Waals surface area contributed by atoms with Gasteiger partial charge in [-0.3, -0.25) is 9.59 Å². The zero-order valence-corrected chi connectivity index (χ0v) is 56.9. The molecule has 0 saturated carbocycles. The number of rotatable bonds is 72. The fourth-order valence-corrected chi connectivity index (χ4v) is 12.1. The van der Waals surface area contributed by atoms with E-state index < -0.39 is 12.1 Å². The molecule has 2 unspecified atom stereocenters. The number of ether oxygens (including phenoxy) is 1. The summed E-state index contributed by atoms with van der Waals surface area (Å²) in [5.41, 5.74) is 0. The highest BCUT2D eigenvalue weighted by Crippen LogP contribution is 2.19. The number of esters is 1. The lowest BCUT2D eigenvalue weighted by molar-refractivity contribution is -0.143. The van der Waals surface area contributed by atoms with Crippen molar-refractivity contribution in [2.45, 2.75) is 437 Å². The molecule has 0 fully saturated rings. The average Bonchev–Trinajstić information content (AvgIpc) is 3.51. The topological polar surface area (TPSA) is 95.9 Å². The van der Waals surface area contributed by atoms with E-state index in [-0.39, 0.29) is 18.5 Å². The molecule has 0 aliphatic heterocycles. The van der Waals surface area contributed by atoms with Crippen molar-refractivity contribution < 1.29 is 24.5 Å². The van der Waals surface area contributed by atoms with Gasteiger partial charge in [-0.1, -0.05) is 384 Å². The van der Waals surface area contributed by atoms with Gasteiger partial charge in [0.15, 0.2) is 0 Å². The molecule has 496 valence electrons. The van der Waals surface area contributed by atoms with Crippen molar-refractivity contribution in [3.8, 4) is 0 Å². The highest BCUT2D eigenvalue weighted by Gasteiger charge is 2.18. The van der Waals surface area contributed by atoms with Crippen molar-refractivity contribution >= 4 is 11.9 Å². The van der Waals surface area contributed by atoms with Crippen LogP contribution in [-0.2, 0) is 14.3 Å². The molecule has 0 aromatic carbocycles. The van der Waals surface area contributed by atoms with E-state index in [2.05, 4.69) is 43.5 Å². The van der Waals surface area contributed by atoms with E-state index in [1.807, 2.05) is 6.08 Å². The van der Waals surface area contributed by atoms with Crippen LogP contribution < -0.4 is 5.32 Å². The first-order valence-electron chi connectivity index (χ1n) is 38.3. The molecular weight excluding hydrogens is 1030 g/mol. The summed E-state index contributed by atoms with van der Waals surface area (Å²) < 4.78 is 5.51. The predicted octanol–water partition coefficient (Wildman–Crippen LogP) is 25.0. The maximum Gasteiger partial charge on any atom is 0.305 e. The maximum atomic E-state index is 12.5. The van der Waals surface area contributed by atoms with Crippen molar-refractivity contribution in [3.05, 3.63) is 36.5 Å². The Bertz CT molecular complexity index is 1360. The Labute approximate surface area is 525 Å². The van der Waals surface area contributed by atoms with Gasteiger partial charge >= 0.3 is 5.97 Å². The van der Waals surface area contributed by atoms with Crippen LogP contribution in [0, 0.1) is 0 Å². The molecule has 0 aromatic heterocycles. The summed E-state index contributed by atoms with van der Waals surface area (Å²) >= 11 is 0. The minimum absolute atomic E-state index is 0.0122. The number of aliphatic hydroxyl groups is 2. The summed E-state index contributed by atoms with van der Waals surface area (Å²) in [7, 11) is 0. The highest BCUT2D eigenvalue weighted by atomic mass is 16.5. The molecule has 2 atom stereocenters. The lowest BCUT2D eigenvalue weighted by atomic mass is 10.0. The monoisotopic (exact) mass is 1180 g/mol. The lowest BCUT2D eigenvalue weighted by Crippen LogP contribution is -2.45. The van der Waals surface area contributed by atoms with E-state index in [1.165, 1.54) is 340 Å². The molecule has 0 aromatic rings. The number of amides is 1. The molecule has 0 radical (unpaired) electrons. The average molecular weight is 1180 g/mol. The van der Waals surface area contributed by atoms with Crippen LogP contribution in [0.15, 0.2) is 36.5 Å². The second kappa shape index (κ2) is 73.5. The molecule has 1 amide bonds. The molecule has 0 rings (SSSR count). The summed E-state index contributed by atoms with van der Waals surface area (Å²) in [6.07, 6.45) is 95.3. The first-order chi connectivity index (χ1) is 41.5. The Kier molecular flexibility index (Phi) is 71.9. The summed E-state index contributed by atoms with van der Waals surface area (Å²) in [5, 5.41) is 23.3. The Morgan fingerprint density at radius 3 is 0.905 bits per heavy atom. The summed E-state index contributed by atoms with van der Waals surface area (Å²) in [6.45, 7) is 4.94. The van der Waals surface area contributed by atoms with E-state index in [1.54, 1.807) is 6.08 Å². The number of carbonyl (C=O) groups is 2. The fraction of sp³-hybridized carbons (Fsp3) is 0.897. The number of hydrogen-bond donors (Lipinski definition) is 3. The van der Waals surface area contributed by atoms with Gasteiger partial charge in [0.25, 0.3) is 0 Å². The molecule has 3 N–H and O–H groups in total. The van der Waals surface area contributed by atoms with E-state index in [4.69, 9.17) is 4.74 Å². The van der Waals surface area contributed by atoms with Crippen LogP contribution in [0.1, 0.15) is 425 Å². The van der Waals surface area contributed by atoms with Gasteiger partial charge < -0.3 is 20.3 Å². The van der Waals surface area contributed by atoms with E-state index in [0.29, 0.717) is 19.4 Å². The van der Waals surface area contributed by atoms with Gasteiger partial charge in [-0.15, -0.1) is 0 Å². The van der Waals surface area contributed by atoms with Gasteiger partial charge in [-0.05, 0) is 64.2 Å². The molecule has 0 bridgehead atoms. The number of carbonyl (C=O) groups excluding carboxylic acids is 2. The minimum Gasteiger partial charge on any atom is -0.466 e. The normalized spacial score (nSPS) is 12.7. The molecule has 84 heavy (non-hydrogen) atoms. The van der Waals surface area contributed by atoms with Gasteiger partial charge in [0.2, 0.25) is 5.91 Å². The summed E-state index contributed by atoms with van der Waals surface area (Å²) in [5.74, 6) is -0.0617. The van der Waals surface area contributed by atoms with Crippen LogP contribution in [0.5, 0.6) is 0 Å². The van der Waals surface area contributed by atoms with Crippen molar-refractivity contribution in [3.63, 3.8) is 0 Å². The molecule has 0 spiro atoms. The van der Waals surface area contributed by atoms with Crippen molar-refractivity contribution in [2.75, 3.05) is 13.2 Å². The smallest absolute Gasteiger partial charge is 0.305 e. The number of allylic oxidation sites excluding steroid dienone is 5. The Balaban J connectivity index is 3.45. The van der Waals surface area contributed by atoms with Crippen molar-refractivity contribution in [2.24, 2.45) is 0 Å². The molecule has 0 aliphatic carbocycles. The predicted molar refractivity (Wildman–Crippen MR) is 370 cm³/mol. The van der Waals surface area contributed by atoms with Crippen molar-refractivity contribution in [1.29, 1.82) is 0 Å². The summed E-state index contributed by atoms with van der Waals surface area (Å²) in [4.78, 5) is 24.7. The third kappa shape index (κ3) is 69.2. The molecule has 0 saturated heterocycles. The van der Waals surface area contributed by atoms with E-state index >= 15 is 0 Å². The van der Waals surface area contributed by atoms with Gasteiger partial charge in [-0.25, -0.2) is 0 Å². The van der Waals surface area contributed by atoms with Crippen LogP contribution in [0.25, 0.3) is 0 Å². The van der Waals surface area contributed by atoms with E-state index in [9.17, 15) is 19.8 Å². The molecular formula is C78H149NO5. The second-order valence-corrected chi connectivity index (χ2v) is 26.3. The summed E-state index contributed by atoms with van der Waals surface area (Å²) in [6, 6.07) is -0.638. The third-order valence-electron chi connectivity index (χ3n) is 17.9. The Morgan fingerprint density at radius 1 is 0.333 bits per heavy atom. The first kappa shape index (κ1) is 82.1. The first-order valence-corrected chi connectivity index (χ1v) is 38.3. The minimum atomic E-state index is -0.853.